The summed E-state index contributed by atoms with van der Waals surface area (Å²) >= 11 is 0. The van der Waals surface area contributed by atoms with Gasteiger partial charge in [-0.15, -0.1) is 31.1 Å². The van der Waals surface area contributed by atoms with Crippen molar-refractivity contribution < 1.29 is 69.8 Å². The first-order valence-electron chi connectivity index (χ1n) is 19.4. The van der Waals surface area contributed by atoms with E-state index in [9.17, 15) is 27.6 Å². The van der Waals surface area contributed by atoms with Crippen molar-refractivity contribution in [2.24, 2.45) is 0 Å². The topological polar surface area (TPSA) is 175 Å². The van der Waals surface area contributed by atoms with Crippen LogP contribution in [0.5, 0.6) is 0 Å². The van der Waals surface area contributed by atoms with Crippen LogP contribution in [0.25, 0.3) is 0 Å². The summed E-state index contributed by atoms with van der Waals surface area (Å²) in [6.45, 7) is 27.2. The molecule has 1 radical (unpaired) electrons. The third kappa shape index (κ3) is 32.3. The van der Waals surface area contributed by atoms with Crippen LogP contribution in [-0.2, 0) is 70.9 Å². The van der Waals surface area contributed by atoms with E-state index in [1.165, 1.54) is 6.92 Å². The van der Waals surface area contributed by atoms with E-state index in [2.05, 4.69) is 88.4 Å². The van der Waals surface area contributed by atoms with E-state index in [1.807, 2.05) is 41.8 Å². The molecule has 347 valence electrons. The smallest absolute Gasteiger partial charge is 0.408 e. The molecule has 0 aromatic carbocycles. The summed E-state index contributed by atoms with van der Waals surface area (Å²) in [5.74, 6) is 21.0. The molecule has 0 aromatic heterocycles. The monoisotopic (exact) mass is 968 g/mol. The summed E-state index contributed by atoms with van der Waals surface area (Å²) in [6.07, 6.45) is 16.1. The van der Waals surface area contributed by atoms with Gasteiger partial charge in [-0.05, 0) is 132 Å². The molecule has 14 nitrogen and oxygen atoms in total. The fourth-order valence-corrected chi connectivity index (χ4v) is 4.66. The first-order valence-corrected chi connectivity index (χ1v) is 20.5. The van der Waals surface area contributed by atoms with Gasteiger partial charge in [0.15, 0.2) is 0 Å². The molecule has 2 atom stereocenters. The second-order valence-corrected chi connectivity index (χ2v) is 17.5. The Labute approximate surface area is 407 Å². The van der Waals surface area contributed by atoms with E-state index in [0.29, 0.717) is 12.0 Å². The summed E-state index contributed by atoms with van der Waals surface area (Å²) in [5, 5.41) is 10.1. The average Bonchev–Trinajstić information content (AvgIpc) is 3.14. The third-order valence-electron chi connectivity index (χ3n) is 7.99. The van der Waals surface area contributed by atoms with Crippen LogP contribution in [0.4, 0.5) is 9.59 Å². The fourth-order valence-electron chi connectivity index (χ4n) is 4.46. The molecule has 0 bridgehead atoms. The van der Waals surface area contributed by atoms with Crippen molar-refractivity contribution in [2.75, 3.05) is 28.2 Å². The second-order valence-electron chi connectivity index (χ2n) is 16.3. The summed E-state index contributed by atoms with van der Waals surface area (Å²) in [7, 11) is 4.95. The number of likely N-dealkylation sites (N-methyl/N-ethyl adjacent to an activating group) is 2. The molecule has 2 heterocycles. The van der Waals surface area contributed by atoms with E-state index in [4.69, 9.17) is 28.7 Å². The van der Waals surface area contributed by atoms with Crippen molar-refractivity contribution in [3.63, 3.8) is 0 Å². The molecule has 2 aliphatic heterocycles. The molecule has 16 heteroatoms. The Hall–Kier alpha value is -5.03. The van der Waals surface area contributed by atoms with E-state index in [0.717, 1.165) is 17.8 Å². The van der Waals surface area contributed by atoms with Crippen LogP contribution in [0.3, 0.4) is 0 Å². The summed E-state index contributed by atoms with van der Waals surface area (Å²) in [4.78, 5) is 50.4. The zero-order chi connectivity index (χ0) is 49.7. The van der Waals surface area contributed by atoms with Crippen LogP contribution in [0, 0.1) is 72.6 Å². The molecule has 4 amide bonds. The zero-order valence-electron chi connectivity index (χ0n) is 41.0. The van der Waals surface area contributed by atoms with Crippen LogP contribution >= 0.6 is 0 Å². The van der Waals surface area contributed by atoms with Crippen LogP contribution in [-0.4, -0.2) is 95.7 Å². The van der Waals surface area contributed by atoms with Gasteiger partial charge in [-0.25, -0.2) is 9.59 Å². The number of terminal acetylenes is 3. The Balaban J connectivity index is -0.000000236. The predicted octanol–water partition coefficient (Wildman–Crippen LogP) is 5.84. The third-order valence-corrected chi connectivity index (χ3v) is 8.68. The number of amides is 4. The van der Waals surface area contributed by atoms with Gasteiger partial charge in [-0.2, -0.15) is 0 Å². The number of hydrogen-bond acceptors (Lipinski definition) is 11. The largest absolute Gasteiger partial charge is 0.444 e. The number of nitrogens with zero attached hydrogens (tertiary/aromatic N) is 2. The molecule has 2 unspecified atom stereocenters. The molecule has 0 spiro atoms. The van der Waals surface area contributed by atoms with Gasteiger partial charge in [-0.1, -0.05) is 23.5 Å². The van der Waals surface area contributed by atoms with E-state index in [-0.39, 0.29) is 55.6 Å². The average molecular weight is 969 g/mol. The van der Waals surface area contributed by atoms with Gasteiger partial charge in [0.05, 0.1) is 11.6 Å². The van der Waals surface area contributed by atoms with Crippen LogP contribution in [0.2, 0.25) is 0 Å². The predicted molar refractivity (Wildman–Crippen MR) is 249 cm³/mol. The van der Waals surface area contributed by atoms with Gasteiger partial charge >= 0.3 is 12.2 Å². The first-order chi connectivity index (χ1) is 28.3. The molecule has 2 aliphatic rings. The molecule has 2 rings (SSSR count). The molecule has 0 saturated heterocycles. The minimum absolute atomic E-state index is 0. The molecule has 0 aromatic rings. The van der Waals surface area contributed by atoms with Crippen molar-refractivity contribution >= 4 is 34.7 Å². The zero-order valence-corrected chi connectivity index (χ0v) is 44.7. The number of ether oxygens (including phenoxy) is 2. The van der Waals surface area contributed by atoms with Crippen LogP contribution in [0.15, 0.2) is 23.0 Å². The second kappa shape index (κ2) is 33.5. The Morgan fingerprint density at radius 3 is 1.44 bits per heavy atom. The Morgan fingerprint density at radius 2 is 1.14 bits per heavy atom. The maximum Gasteiger partial charge on any atom is 0.408 e. The quantitative estimate of drug-likeness (QED) is 0.187. The van der Waals surface area contributed by atoms with Crippen LogP contribution < -0.4 is 21.3 Å². The first kappa shape index (κ1) is 67.1. The number of rotatable bonds is 6. The van der Waals surface area contributed by atoms with Crippen molar-refractivity contribution in [1.29, 1.82) is 0 Å². The normalized spacial score (nSPS) is 14.8. The van der Waals surface area contributed by atoms with E-state index >= 15 is 0 Å². The van der Waals surface area contributed by atoms with E-state index < -0.39 is 45.5 Å². The maximum atomic E-state index is 12.7. The van der Waals surface area contributed by atoms with Crippen molar-refractivity contribution in [2.45, 2.75) is 150 Å². The van der Waals surface area contributed by atoms with Crippen molar-refractivity contribution in [3.8, 4) is 72.6 Å². The molecule has 4 N–H and O–H groups in total. The molecule has 0 fully saturated rings. The number of carbonyl (C=O) groups is 4. The minimum Gasteiger partial charge on any atom is -0.444 e. The molecular weight excluding hydrogens is 898 g/mol. The minimum atomic E-state index is -2.32. The Bertz CT molecular complexity index is 1940. The maximum absolute atomic E-state index is 12.7. The number of alkyl carbamates (subject to hydrolysis) is 2. The van der Waals surface area contributed by atoms with Crippen molar-refractivity contribution in [3.05, 3.63) is 23.0 Å². The number of nitrogens with one attached hydrogen (secondary N) is 4. The van der Waals surface area contributed by atoms with Gasteiger partial charge < -0.3 is 49.0 Å². The molecular formula is C47H71N6O8SY-. The molecule has 0 aliphatic carbocycles. The van der Waals surface area contributed by atoms with Crippen LogP contribution in [0.1, 0.15) is 117 Å². The van der Waals surface area contributed by atoms with Gasteiger partial charge in [0.1, 0.15) is 11.2 Å². The van der Waals surface area contributed by atoms with Gasteiger partial charge in [0.25, 0.3) is 5.91 Å². The van der Waals surface area contributed by atoms with Gasteiger partial charge in [0, 0.05) is 108 Å². The summed E-state index contributed by atoms with van der Waals surface area (Å²) in [6, 6.07) is -0.427. The number of carbonyl (C=O) groups excluding carboxylic acids is 4. The van der Waals surface area contributed by atoms with Gasteiger partial charge in [0.2, 0.25) is 5.91 Å². The Morgan fingerprint density at radius 1 is 0.730 bits per heavy atom. The summed E-state index contributed by atoms with van der Waals surface area (Å²) in [5.41, 5.74) is 0.942. The number of hydrogen-bond donors (Lipinski definition) is 4. The Kier molecular flexibility index (Phi) is 35.7. The van der Waals surface area contributed by atoms with Crippen molar-refractivity contribution in [1.82, 2.24) is 31.1 Å². The standard InChI is InChI=1S/C16H29N3O3.C9H16N2O.C7H14NO4S.C6H2.C5H4.C4H6.Y/c1-10(18-14(21)22-15(2,3)4)12-11(17-7)9-16(5,6)19(8)13(12)20;1-9(2)6-7(10-3)5-8(12)11(9)4;1-5(13(10)11)8-6(9)12-7(2,3)4;1-3-5-6-4-2;1-3-5-4-2;1-3-4-2;/h10,17H,9H2,1-8H3,(H,18,21);5,10H,6H2,1-4H3;5H,1-4H3,(H,8,9);1-2H;1H,2H3;1-2H3;/q;;-1;;;;. The van der Waals surface area contributed by atoms with E-state index in [1.54, 1.807) is 85.4 Å². The SMILES string of the molecule is C#CC#CC.C#CC#CC#C.CC#CC.CC(NC(=O)OC(C)(C)C)[S-](=O)=O.CNC1=C(C(C)NC(=O)OC(C)(C)C)C(=O)N(C)C(C)(C)C1.CNC1=CC(=O)N(C)C(C)(C)C1.[Y]. The molecule has 0 saturated carbocycles. The summed E-state index contributed by atoms with van der Waals surface area (Å²) < 4.78 is 30.7. The fraction of sp³-hybridized carbons (Fsp3) is 0.574. The molecule has 63 heavy (non-hydrogen) atoms. The van der Waals surface area contributed by atoms with Gasteiger partial charge in [-0.3, -0.25) is 9.59 Å².